The Morgan fingerprint density at radius 1 is 0.903 bits per heavy atom. The van der Waals surface area contributed by atoms with E-state index in [2.05, 4.69) is 10.3 Å². The van der Waals surface area contributed by atoms with Gasteiger partial charge in [-0.3, -0.25) is 0 Å². The SMILES string of the molecule is O=C(O)[C@H](O)C(Nc1ccc(OCc2ccc3ccccc3n2)cc1)c1ccccc1. The summed E-state index contributed by atoms with van der Waals surface area (Å²) in [7, 11) is 0. The van der Waals surface area contributed by atoms with Crippen molar-refractivity contribution >= 4 is 22.6 Å². The molecule has 3 aromatic carbocycles. The van der Waals surface area contributed by atoms with Crippen LogP contribution in [0.4, 0.5) is 5.69 Å². The molecule has 0 saturated heterocycles. The molecule has 1 heterocycles. The highest BCUT2D eigenvalue weighted by Crippen LogP contribution is 2.25. The third-order valence-electron chi connectivity index (χ3n) is 4.95. The van der Waals surface area contributed by atoms with Crippen LogP contribution in [0.5, 0.6) is 5.75 Å². The summed E-state index contributed by atoms with van der Waals surface area (Å²) in [6.07, 6.45) is -1.59. The summed E-state index contributed by atoms with van der Waals surface area (Å²) in [5.41, 5.74) is 3.10. The lowest BCUT2D eigenvalue weighted by Gasteiger charge is -2.23. The summed E-state index contributed by atoms with van der Waals surface area (Å²) in [5.74, 6) is -0.625. The normalized spacial score (nSPS) is 12.8. The minimum atomic E-state index is -1.59. The Morgan fingerprint density at radius 2 is 1.61 bits per heavy atom. The van der Waals surface area contributed by atoms with Gasteiger partial charge in [-0.2, -0.15) is 0 Å². The molecule has 2 atom stereocenters. The number of anilines is 1. The number of hydrogen-bond donors (Lipinski definition) is 3. The summed E-state index contributed by atoms with van der Waals surface area (Å²) >= 11 is 0. The van der Waals surface area contributed by atoms with Gasteiger partial charge in [0.1, 0.15) is 12.4 Å². The van der Waals surface area contributed by atoms with E-state index in [0.29, 0.717) is 23.6 Å². The van der Waals surface area contributed by atoms with Crippen molar-refractivity contribution in [3.05, 3.63) is 102 Å². The molecule has 156 valence electrons. The predicted molar refractivity (Wildman–Crippen MR) is 119 cm³/mol. The molecule has 4 rings (SSSR count). The molecule has 0 aliphatic rings. The molecule has 0 bridgehead atoms. The van der Waals surface area contributed by atoms with E-state index >= 15 is 0 Å². The van der Waals surface area contributed by atoms with E-state index < -0.39 is 18.1 Å². The third-order valence-corrected chi connectivity index (χ3v) is 4.95. The fraction of sp³-hybridized carbons (Fsp3) is 0.120. The number of nitrogens with one attached hydrogen (secondary N) is 1. The van der Waals surface area contributed by atoms with Crippen molar-refractivity contribution in [3.8, 4) is 5.75 Å². The zero-order valence-electron chi connectivity index (χ0n) is 16.7. The van der Waals surface area contributed by atoms with Gasteiger partial charge >= 0.3 is 5.97 Å². The van der Waals surface area contributed by atoms with Crippen molar-refractivity contribution in [1.82, 2.24) is 4.98 Å². The van der Waals surface area contributed by atoms with Gasteiger partial charge < -0.3 is 20.3 Å². The van der Waals surface area contributed by atoms with E-state index in [1.54, 1.807) is 48.5 Å². The number of pyridine rings is 1. The van der Waals surface area contributed by atoms with Gasteiger partial charge in [-0.1, -0.05) is 54.6 Å². The van der Waals surface area contributed by atoms with Crippen LogP contribution in [-0.4, -0.2) is 27.3 Å². The standard InChI is InChI=1S/C25H22N2O4/c28-24(25(29)30)23(18-7-2-1-3-8-18)27-19-12-14-21(15-13-19)31-16-20-11-10-17-6-4-5-9-22(17)26-20/h1-15,23-24,27-28H,16H2,(H,29,30)/t23?,24-/m1/s1. The van der Waals surface area contributed by atoms with Crippen LogP contribution >= 0.6 is 0 Å². The average Bonchev–Trinajstić information content (AvgIpc) is 2.82. The van der Waals surface area contributed by atoms with Crippen molar-refractivity contribution in [2.24, 2.45) is 0 Å². The lowest BCUT2D eigenvalue weighted by Crippen LogP contribution is -2.32. The molecule has 0 amide bonds. The maximum atomic E-state index is 11.3. The highest BCUT2D eigenvalue weighted by molar-refractivity contribution is 5.78. The number of aliphatic hydroxyl groups is 1. The quantitative estimate of drug-likeness (QED) is 0.396. The largest absolute Gasteiger partial charge is 0.487 e. The second-order valence-electron chi connectivity index (χ2n) is 7.12. The fourth-order valence-electron chi connectivity index (χ4n) is 3.32. The van der Waals surface area contributed by atoms with Crippen LogP contribution in [0.25, 0.3) is 10.9 Å². The number of fused-ring (bicyclic) bond motifs is 1. The van der Waals surface area contributed by atoms with E-state index in [9.17, 15) is 15.0 Å². The number of aliphatic carboxylic acids is 1. The maximum absolute atomic E-state index is 11.3. The molecule has 31 heavy (non-hydrogen) atoms. The van der Waals surface area contributed by atoms with Crippen molar-refractivity contribution in [3.63, 3.8) is 0 Å². The van der Waals surface area contributed by atoms with Gasteiger partial charge in [-0.25, -0.2) is 9.78 Å². The first-order chi connectivity index (χ1) is 15.1. The van der Waals surface area contributed by atoms with Gasteiger partial charge in [0.05, 0.1) is 17.3 Å². The number of aliphatic hydroxyl groups excluding tert-OH is 1. The Balaban J connectivity index is 1.43. The summed E-state index contributed by atoms with van der Waals surface area (Å²) in [4.78, 5) is 15.9. The first-order valence-corrected chi connectivity index (χ1v) is 9.90. The van der Waals surface area contributed by atoms with E-state index in [1.165, 1.54) is 0 Å². The molecule has 1 aromatic heterocycles. The van der Waals surface area contributed by atoms with Crippen LogP contribution < -0.4 is 10.1 Å². The van der Waals surface area contributed by atoms with E-state index in [1.807, 2.05) is 42.5 Å². The highest BCUT2D eigenvalue weighted by Gasteiger charge is 2.27. The highest BCUT2D eigenvalue weighted by atomic mass is 16.5. The minimum absolute atomic E-state index is 0.335. The Hall–Kier alpha value is -3.90. The Kier molecular flexibility index (Phi) is 6.10. The maximum Gasteiger partial charge on any atom is 0.335 e. The van der Waals surface area contributed by atoms with E-state index in [4.69, 9.17) is 4.74 Å². The Labute approximate surface area is 179 Å². The Bertz CT molecular complexity index is 1160. The van der Waals surface area contributed by atoms with Gasteiger partial charge in [0, 0.05) is 11.1 Å². The number of benzene rings is 3. The zero-order valence-corrected chi connectivity index (χ0v) is 16.7. The van der Waals surface area contributed by atoms with Crippen molar-refractivity contribution in [2.75, 3.05) is 5.32 Å². The predicted octanol–water partition coefficient (Wildman–Crippen LogP) is 4.41. The number of carboxylic acid groups (broad SMARTS) is 1. The first-order valence-electron chi connectivity index (χ1n) is 9.90. The number of hydrogen-bond acceptors (Lipinski definition) is 5. The molecular weight excluding hydrogens is 392 g/mol. The fourth-order valence-corrected chi connectivity index (χ4v) is 3.32. The van der Waals surface area contributed by atoms with Crippen LogP contribution in [-0.2, 0) is 11.4 Å². The van der Waals surface area contributed by atoms with Gasteiger partial charge in [0.2, 0.25) is 0 Å². The first kappa shape index (κ1) is 20.4. The van der Waals surface area contributed by atoms with Gasteiger partial charge in [-0.15, -0.1) is 0 Å². The van der Waals surface area contributed by atoms with Crippen LogP contribution in [0.15, 0.2) is 91.0 Å². The Morgan fingerprint density at radius 3 is 2.35 bits per heavy atom. The number of ether oxygens (including phenoxy) is 1. The van der Waals surface area contributed by atoms with Crippen LogP contribution in [0, 0.1) is 0 Å². The third kappa shape index (κ3) is 4.99. The molecule has 0 spiro atoms. The minimum Gasteiger partial charge on any atom is -0.487 e. The van der Waals surface area contributed by atoms with Gasteiger partial charge in [0.25, 0.3) is 0 Å². The van der Waals surface area contributed by atoms with Gasteiger partial charge in [-0.05, 0) is 42.0 Å². The lowest BCUT2D eigenvalue weighted by atomic mass is 10.0. The molecule has 6 nitrogen and oxygen atoms in total. The lowest BCUT2D eigenvalue weighted by molar-refractivity contribution is -0.147. The summed E-state index contributed by atoms with van der Waals surface area (Å²) in [6.45, 7) is 0.335. The van der Waals surface area contributed by atoms with Gasteiger partial charge in [0.15, 0.2) is 6.10 Å². The summed E-state index contributed by atoms with van der Waals surface area (Å²) < 4.78 is 5.84. The van der Waals surface area contributed by atoms with Crippen molar-refractivity contribution in [1.29, 1.82) is 0 Å². The smallest absolute Gasteiger partial charge is 0.335 e. The molecule has 0 aliphatic carbocycles. The van der Waals surface area contributed by atoms with Crippen LogP contribution in [0.1, 0.15) is 17.3 Å². The van der Waals surface area contributed by atoms with Crippen LogP contribution in [0.3, 0.4) is 0 Å². The number of carbonyl (C=O) groups is 1. The molecule has 3 N–H and O–H groups in total. The zero-order chi connectivity index (χ0) is 21.6. The van der Waals surface area contributed by atoms with Crippen molar-refractivity contribution in [2.45, 2.75) is 18.8 Å². The molecule has 0 fully saturated rings. The second-order valence-corrected chi connectivity index (χ2v) is 7.12. The summed E-state index contributed by atoms with van der Waals surface area (Å²) in [5, 5.41) is 23.6. The van der Waals surface area contributed by atoms with E-state index in [0.717, 1.165) is 16.6 Å². The molecule has 6 heteroatoms. The monoisotopic (exact) mass is 414 g/mol. The second kappa shape index (κ2) is 9.28. The number of rotatable bonds is 8. The summed E-state index contributed by atoms with van der Waals surface area (Å²) in [6, 6.07) is 27.2. The average molecular weight is 414 g/mol. The number of carboxylic acids is 1. The van der Waals surface area contributed by atoms with Crippen LogP contribution in [0.2, 0.25) is 0 Å². The molecular formula is C25H22N2O4. The van der Waals surface area contributed by atoms with Crippen molar-refractivity contribution < 1.29 is 19.7 Å². The topological polar surface area (TPSA) is 91.7 Å². The molecule has 0 radical (unpaired) electrons. The number of para-hydroxylation sites is 1. The molecule has 0 aliphatic heterocycles. The molecule has 4 aromatic rings. The molecule has 1 unspecified atom stereocenters. The van der Waals surface area contributed by atoms with E-state index in [-0.39, 0.29) is 0 Å². The number of aromatic nitrogens is 1. The number of nitrogens with zero attached hydrogens (tertiary/aromatic N) is 1. The molecule has 0 saturated carbocycles.